The van der Waals surface area contributed by atoms with Gasteiger partial charge < -0.3 is 5.32 Å². The van der Waals surface area contributed by atoms with Crippen molar-refractivity contribution in [2.24, 2.45) is 0 Å². The van der Waals surface area contributed by atoms with Crippen LogP contribution in [-0.4, -0.2) is 4.98 Å². The van der Waals surface area contributed by atoms with Crippen LogP contribution in [-0.2, 0) is 0 Å². The van der Waals surface area contributed by atoms with Gasteiger partial charge in [0.2, 0.25) is 0 Å². The van der Waals surface area contributed by atoms with Crippen LogP contribution in [0.25, 0.3) is 10.2 Å². The minimum absolute atomic E-state index is 0.739. The molecular formula is C10H9ClN2S. The van der Waals surface area contributed by atoms with Gasteiger partial charge in [-0.25, -0.2) is 4.98 Å². The Kier molecular flexibility index (Phi) is 2.44. The van der Waals surface area contributed by atoms with E-state index in [0.29, 0.717) is 0 Å². The van der Waals surface area contributed by atoms with E-state index in [9.17, 15) is 0 Å². The Bertz CT molecular complexity index is 490. The van der Waals surface area contributed by atoms with Crippen LogP contribution < -0.4 is 5.32 Å². The number of halogens is 1. The van der Waals surface area contributed by atoms with E-state index in [1.54, 1.807) is 11.3 Å². The second-order valence-corrected chi connectivity index (χ2v) is 4.50. The Morgan fingerprint density at radius 2 is 2.36 bits per heavy atom. The van der Waals surface area contributed by atoms with E-state index < -0.39 is 0 Å². The Labute approximate surface area is 91.2 Å². The molecule has 2 aromatic rings. The zero-order valence-corrected chi connectivity index (χ0v) is 9.25. The molecule has 0 spiro atoms. The molecule has 2 rings (SSSR count). The van der Waals surface area contributed by atoms with Crippen molar-refractivity contribution in [2.45, 2.75) is 6.92 Å². The van der Waals surface area contributed by atoms with E-state index in [4.69, 9.17) is 11.6 Å². The summed E-state index contributed by atoms with van der Waals surface area (Å²) in [5.41, 5.74) is 1.85. The highest BCUT2D eigenvalue weighted by molar-refractivity contribution is 7.22. The molecule has 1 aromatic carbocycles. The fraction of sp³-hybridized carbons (Fsp3) is 0.100. The number of hydrogen-bond donors (Lipinski definition) is 1. The minimum Gasteiger partial charge on any atom is -0.336 e. The van der Waals surface area contributed by atoms with Crippen molar-refractivity contribution in [3.63, 3.8) is 0 Å². The van der Waals surface area contributed by atoms with Crippen molar-refractivity contribution in [1.29, 1.82) is 0 Å². The topological polar surface area (TPSA) is 24.9 Å². The molecule has 1 aromatic heterocycles. The maximum absolute atomic E-state index is 5.87. The van der Waals surface area contributed by atoms with Crippen molar-refractivity contribution in [3.8, 4) is 0 Å². The molecule has 0 aliphatic carbocycles. The van der Waals surface area contributed by atoms with E-state index in [-0.39, 0.29) is 0 Å². The molecule has 0 bridgehead atoms. The lowest BCUT2D eigenvalue weighted by atomic mass is 10.3. The van der Waals surface area contributed by atoms with E-state index in [1.807, 2.05) is 25.1 Å². The Hall–Kier alpha value is -1.06. The van der Waals surface area contributed by atoms with Gasteiger partial charge in [-0.05, 0) is 25.1 Å². The van der Waals surface area contributed by atoms with Gasteiger partial charge in [0.15, 0.2) is 5.13 Å². The molecule has 0 saturated carbocycles. The zero-order chi connectivity index (χ0) is 10.1. The number of nitrogens with one attached hydrogen (secondary N) is 1. The average Bonchev–Trinajstić information content (AvgIpc) is 2.44. The van der Waals surface area contributed by atoms with Gasteiger partial charge in [-0.15, -0.1) is 0 Å². The second kappa shape index (κ2) is 3.59. The van der Waals surface area contributed by atoms with Crippen molar-refractivity contribution in [3.05, 3.63) is 35.5 Å². The van der Waals surface area contributed by atoms with Gasteiger partial charge in [-0.2, -0.15) is 0 Å². The molecule has 0 aliphatic rings. The largest absolute Gasteiger partial charge is 0.336 e. The third-order valence-electron chi connectivity index (χ3n) is 1.67. The molecular weight excluding hydrogens is 216 g/mol. The van der Waals surface area contributed by atoms with Crippen molar-refractivity contribution < 1.29 is 0 Å². The first-order valence-electron chi connectivity index (χ1n) is 4.14. The highest BCUT2D eigenvalue weighted by atomic mass is 35.5. The highest BCUT2D eigenvalue weighted by Crippen LogP contribution is 2.28. The van der Waals surface area contributed by atoms with Gasteiger partial charge in [0.1, 0.15) is 0 Å². The maximum atomic E-state index is 5.87. The number of anilines is 1. The number of nitrogens with zero attached hydrogens (tertiary/aromatic N) is 1. The van der Waals surface area contributed by atoms with Gasteiger partial charge in [-0.1, -0.05) is 29.5 Å². The summed E-state index contributed by atoms with van der Waals surface area (Å²) in [7, 11) is 0. The van der Waals surface area contributed by atoms with Crippen LogP contribution in [0.3, 0.4) is 0 Å². The first-order chi connectivity index (χ1) is 6.65. The lowest BCUT2D eigenvalue weighted by molar-refractivity contribution is 1.35. The monoisotopic (exact) mass is 224 g/mol. The summed E-state index contributed by atoms with van der Waals surface area (Å²) in [6.45, 7) is 5.67. The Morgan fingerprint density at radius 3 is 3.07 bits per heavy atom. The summed E-state index contributed by atoms with van der Waals surface area (Å²) in [5.74, 6) is 0. The molecule has 14 heavy (non-hydrogen) atoms. The van der Waals surface area contributed by atoms with Crippen LogP contribution in [0.5, 0.6) is 0 Å². The van der Waals surface area contributed by atoms with Crippen molar-refractivity contribution >= 4 is 38.3 Å². The number of allylic oxidation sites excluding steroid dienone is 1. The number of thiazole rings is 1. The van der Waals surface area contributed by atoms with Gasteiger partial charge in [0, 0.05) is 10.7 Å². The number of rotatable bonds is 2. The number of aromatic nitrogens is 1. The molecule has 0 atom stereocenters. The third-order valence-corrected chi connectivity index (χ3v) is 2.84. The number of fused-ring (bicyclic) bond motifs is 1. The van der Waals surface area contributed by atoms with E-state index in [0.717, 1.165) is 26.1 Å². The normalized spacial score (nSPS) is 10.4. The Balaban J connectivity index is 2.46. The van der Waals surface area contributed by atoms with E-state index in [2.05, 4.69) is 16.9 Å². The van der Waals surface area contributed by atoms with Crippen molar-refractivity contribution in [2.75, 3.05) is 5.32 Å². The van der Waals surface area contributed by atoms with Crippen LogP contribution in [0.1, 0.15) is 6.92 Å². The summed E-state index contributed by atoms with van der Waals surface area (Å²) in [6, 6.07) is 5.67. The van der Waals surface area contributed by atoms with Crippen LogP contribution in [0.15, 0.2) is 30.5 Å². The molecule has 0 aliphatic heterocycles. The van der Waals surface area contributed by atoms with Crippen molar-refractivity contribution in [1.82, 2.24) is 4.98 Å². The second-order valence-electron chi connectivity index (χ2n) is 3.04. The quantitative estimate of drug-likeness (QED) is 0.837. The standard InChI is InChI=1S/C10H9ClN2S/c1-6(2)12-10-13-8-4-3-7(11)5-9(8)14-10/h3-5H,1H2,2H3,(H,12,13). The summed E-state index contributed by atoms with van der Waals surface area (Å²) in [6.07, 6.45) is 0. The number of hydrogen-bond acceptors (Lipinski definition) is 3. The molecule has 0 radical (unpaired) electrons. The molecule has 2 nitrogen and oxygen atoms in total. The lowest BCUT2D eigenvalue weighted by Crippen LogP contribution is -1.91. The number of benzene rings is 1. The first kappa shape index (κ1) is 9.49. The summed E-state index contributed by atoms with van der Waals surface area (Å²) >= 11 is 7.45. The lowest BCUT2D eigenvalue weighted by Gasteiger charge is -1.96. The zero-order valence-electron chi connectivity index (χ0n) is 7.67. The SMILES string of the molecule is C=C(C)Nc1nc2ccc(Cl)cc2s1. The molecule has 0 saturated heterocycles. The van der Waals surface area contributed by atoms with Crippen LogP contribution >= 0.6 is 22.9 Å². The highest BCUT2D eigenvalue weighted by Gasteiger charge is 2.03. The molecule has 1 heterocycles. The average molecular weight is 225 g/mol. The van der Waals surface area contributed by atoms with Gasteiger partial charge in [-0.3, -0.25) is 0 Å². The van der Waals surface area contributed by atoms with Crippen LogP contribution in [0, 0.1) is 0 Å². The van der Waals surface area contributed by atoms with Crippen LogP contribution in [0.2, 0.25) is 5.02 Å². The fourth-order valence-electron chi connectivity index (χ4n) is 1.13. The predicted molar refractivity (Wildman–Crippen MR) is 63.1 cm³/mol. The minimum atomic E-state index is 0.739. The summed E-state index contributed by atoms with van der Waals surface area (Å²) in [5, 5.41) is 4.68. The van der Waals surface area contributed by atoms with E-state index >= 15 is 0 Å². The van der Waals surface area contributed by atoms with Gasteiger partial charge >= 0.3 is 0 Å². The molecule has 4 heteroatoms. The first-order valence-corrected chi connectivity index (χ1v) is 5.33. The fourth-order valence-corrected chi connectivity index (χ4v) is 2.35. The molecule has 0 unspecified atom stereocenters. The summed E-state index contributed by atoms with van der Waals surface area (Å²) < 4.78 is 1.08. The maximum Gasteiger partial charge on any atom is 0.188 e. The van der Waals surface area contributed by atoms with Gasteiger partial charge in [0.25, 0.3) is 0 Å². The molecule has 1 N–H and O–H groups in total. The smallest absolute Gasteiger partial charge is 0.188 e. The van der Waals surface area contributed by atoms with Crippen LogP contribution in [0.4, 0.5) is 5.13 Å². The van der Waals surface area contributed by atoms with Gasteiger partial charge in [0.05, 0.1) is 10.2 Å². The predicted octanol–water partition coefficient (Wildman–Crippen LogP) is 3.90. The van der Waals surface area contributed by atoms with E-state index in [1.165, 1.54) is 0 Å². The molecule has 0 fully saturated rings. The molecule has 0 amide bonds. The third kappa shape index (κ3) is 1.89. The molecule has 72 valence electrons. The summed E-state index contributed by atoms with van der Waals surface area (Å²) in [4.78, 5) is 4.38. The Morgan fingerprint density at radius 1 is 1.57 bits per heavy atom.